The molecule has 2 atom stereocenters. The molecule has 1 saturated carbocycles. The number of aromatic nitrogens is 3. The van der Waals surface area contributed by atoms with E-state index in [4.69, 9.17) is 9.94 Å². The summed E-state index contributed by atoms with van der Waals surface area (Å²) < 4.78 is 6.38. The Hall–Kier alpha value is -4.00. The standard InChI is InChI=1S/C27H38N6O7/c1-40-27(38)23(14-19-8-10-22(34)11-9-19)29-24(35)7-4-12-33-17-21(30-32-33)16-28-26(37)20(15-25(36)31-39)13-18-5-2-3-6-18/h8-11,17-18,20,23,34,39H,2-7,12-16H2,1H3,(H,28,37)(H,29,35)(H,31,36)/t20?,23-/m0/s1. The number of hydrogen-bond donors (Lipinski definition) is 5. The highest BCUT2D eigenvalue weighted by Crippen LogP contribution is 2.31. The van der Waals surface area contributed by atoms with E-state index in [9.17, 15) is 24.3 Å². The summed E-state index contributed by atoms with van der Waals surface area (Å²) in [6.07, 6.45) is 7.33. The normalized spacial score (nSPS) is 14.8. The van der Waals surface area contributed by atoms with Gasteiger partial charge in [0.15, 0.2) is 0 Å². The number of benzene rings is 1. The Kier molecular flexibility index (Phi) is 11.9. The summed E-state index contributed by atoms with van der Waals surface area (Å²) in [7, 11) is 1.25. The number of esters is 1. The number of carbonyl (C=O) groups excluding carboxylic acids is 4. The Labute approximate surface area is 232 Å². The van der Waals surface area contributed by atoms with Crippen LogP contribution in [-0.2, 0) is 43.4 Å². The van der Waals surface area contributed by atoms with Crippen LogP contribution in [-0.4, -0.2) is 62.2 Å². The number of aryl methyl sites for hydroxylation is 1. The molecule has 1 heterocycles. The molecule has 218 valence electrons. The highest BCUT2D eigenvalue weighted by atomic mass is 16.5. The van der Waals surface area contributed by atoms with Gasteiger partial charge in [-0.1, -0.05) is 43.0 Å². The van der Waals surface area contributed by atoms with E-state index >= 15 is 0 Å². The first kappa shape index (κ1) is 30.5. The maximum atomic E-state index is 12.8. The topological polar surface area (TPSA) is 185 Å². The minimum absolute atomic E-state index is 0.0840. The van der Waals surface area contributed by atoms with E-state index in [-0.39, 0.29) is 43.4 Å². The quantitative estimate of drug-likeness (QED) is 0.122. The minimum Gasteiger partial charge on any atom is -0.508 e. The summed E-state index contributed by atoms with van der Waals surface area (Å²) in [4.78, 5) is 49.1. The smallest absolute Gasteiger partial charge is 0.328 e. The summed E-state index contributed by atoms with van der Waals surface area (Å²) >= 11 is 0. The molecule has 40 heavy (non-hydrogen) atoms. The van der Waals surface area contributed by atoms with Crippen LogP contribution < -0.4 is 16.1 Å². The highest BCUT2D eigenvalue weighted by molar-refractivity contribution is 5.85. The maximum absolute atomic E-state index is 12.8. The number of rotatable bonds is 15. The van der Waals surface area contributed by atoms with Crippen molar-refractivity contribution in [1.82, 2.24) is 31.1 Å². The zero-order valence-electron chi connectivity index (χ0n) is 22.7. The average molecular weight is 559 g/mol. The Morgan fingerprint density at radius 1 is 1.12 bits per heavy atom. The van der Waals surface area contributed by atoms with Crippen LogP contribution in [0.25, 0.3) is 0 Å². The molecule has 13 nitrogen and oxygen atoms in total. The number of hydroxylamine groups is 1. The third-order valence-corrected chi connectivity index (χ3v) is 7.04. The third kappa shape index (κ3) is 9.95. The first-order valence-electron chi connectivity index (χ1n) is 13.5. The summed E-state index contributed by atoms with van der Waals surface area (Å²) in [5.74, 6) is -1.77. The van der Waals surface area contributed by atoms with Crippen molar-refractivity contribution in [3.8, 4) is 5.75 Å². The van der Waals surface area contributed by atoms with Gasteiger partial charge >= 0.3 is 5.97 Å². The number of hydrogen-bond acceptors (Lipinski definition) is 9. The number of ether oxygens (including phenoxy) is 1. The second-order valence-electron chi connectivity index (χ2n) is 10.1. The van der Waals surface area contributed by atoms with Gasteiger partial charge in [0, 0.05) is 31.7 Å². The predicted molar refractivity (Wildman–Crippen MR) is 141 cm³/mol. The molecule has 3 amide bonds. The van der Waals surface area contributed by atoms with Crippen LogP contribution in [0.15, 0.2) is 30.5 Å². The summed E-state index contributed by atoms with van der Waals surface area (Å²) in [6, 6.07) is 5.50. The number of aromatic hydroxyl groups is 1. The van der Waals surface area contributed by atoms with Gasteiger partial charge in [-0.3, -0.25) is 24.3 Å². The molecule has 1 fully saturated rings. The van der Waals surface area contributed by atoms with Gasteiger partial charge in [0.25, 0.3) is 0 Å². The lowest BCUT2D eigenvalue weighted by molar-refractivity contribution is -0.145. The first-order chi connectivity index (χ1) is 19.3. The zero-order chi connectivity index (χ0) is 28.9. The van der Waals surface area contributed by atoms with Crippen LogP contribution in [0, 0.1) is 11.8 Å². The molecule has 0 radical (unpaired) electrons. The van der Waals surface area contributed by atoms with Gasteiger partial charge in [-0.25, -0.2) is 10.3 Å². The van der Waals surface area contributed by atoms with Crippen LogP contribution in [0.1, 0.15) is 62.6 Å². The van der Waals surface area contributed by atoms with Crippen molar-refractivity contribution in [2.24, 2.45) is 11.8 Å². The van der Waals surface area contributed by atoms with Gasteiger partial charge in [-0.2, -0.15) is 0 Å². The summed E-state index contributed by atoms with van der Waals surface area (Å²) in [6.45, 7) is 0.537. The van der Waals surface area contributed by atoms with E-state index in [0.29, 0.717) is 31.0 Å². The molecule has 0 bridgehead atoms. The third-order valence-electron chi connectivity index (χ3n) is 7.04. The second kappa shape index (κ2) is 15.6. The van der Waals surface area contributed by atoms with Gasteiger partial charge < -0.3 is 20.5 Å². The Balaban J connectivity index is 1.43. The van der Waals surface area contributed by atoms with Crippen molar-refractivity contribution in [3.63, 3.8) is 0 Å². The van der Waals surface area contributed by atoms with Gasteiger partial charge in [-0.05, 0) is 36.5 Å². The monoisotopic (exact) mass is 558 g/mol. The summed E-state index contributed by atoms with van der Waals surface area (Å²) in [5, 5.41) is 31.9. The van der Waals surface area contributed by atoms with E-state index in [1.54, 1.807) is 28.5 Å². The Bertz CT molecular complexity index is 1130. The largest absolute Gasteiger partial charge is 0.508 e. The fourth-order valence-corrected chi connectivity index (χ4v) is 4.92. The zero-order valence-corrected chi connectivity index (χ0v) is 22.7. The SMILES string of the molecule is COC(=O)[C@H](Cc1ccc(O)cc1)NC(=O)CCCn1cc(CNC(=O)C(CC(=O)NO)CC2CCCC2)nn1. The van der Waals surface area contributed by atoms with Crippen LogP contribution >= 0.6 is 0 Å². The van der Waals surface area contributed by atoms with E-state index in [1.165, 1.54) is 19.2 Å². The van der Waals surface area contributed by atoms with Gasteiger partial charge in [0.05, 0.1) is 19.9 Å². The molecule has 0 saturated heterocycles. The number of carbonyl (C=O) groups is 4. The minimum atomic E-state index is -0.857. The number of phenolic OH excluding ortho intramolecular Hbond substituents is 1. The number of nitrogens with zero attached hydrogens (tertiary/aromatic N) is 3. The molecule has 5 N–H and O–H groups in total. The number of methoxy groups -OCH3 is 1. The first-order valence-corrected chi connectivity index (χ1v) is 13.5. The molecule has 2 aromatic rings. The van der Waals surface area contributed by atoms with Crippen LogP contribution in [0.3, 0.4) is 0 Å². The lowest BCUT2D eigenvalue weighted by Gasteiger charge is -2.19. The van der Waals surface area contributed by atoms with E-state index in [0.717, 1.165) is 31.2 Å². The van der Waals surface area contributed by atoms with Crippen molar-refractivity contribution in [2.75, 3.05) is 7.11 Å². The van der Waals surface area contributed by atoms with Crippen molar-refractivity contribution in [1.29, 1.82) is 0 Å². The molecule has 1 aliphatic rings. The van der Waals surface area contributed by atoms with Crippen LogP contribution in [0.4, 0.5) is 0 Å². The van der Waals surface area contributed by atoms with Gasteiger partial charge in [-0.15, -0.1) is 5.10 Å². The van der Waals surface area contributed by atoms with Crippen LogP contribution in [0.5, 0.6) is 5.75 Å². The second-order valence-corrected chi connectivity index (χ2v) is 10.1. The van der Waals surface area contributed by atoms with Gasteiger partial charge in [0.1, 0.15) is 17.5 Å². The van der Waals surface area contributed by atoms with E-state index < -0.39 is 23.8 Å². The molecule has 1 aromatic carbocycles. The summed E-state index contributed by atoms with van der Waals surface area (Å²) in [5.41, 5.74) is 2.90. The van der Waals surface area contributed by atoms with E-state index in [2.05, 4.69) is 20.9 Å². The van der Waals surface area contributed by atoms with Crippen molar-refractivity contribution >= 4 is 23.7 Å². The van der Waals surface area contributed by atoms with Crippen molar-refractivity contribution in [3.05, 3.63) is 41.7 Å². The molecule has 1 unspecified atom stereocenters. The lowest BCUT2D eigenvalue weighted by Crippen LogP contribution is -2.43. The highest BCUT2D eigenvalue weighted by Gasteiger charge is 2.27. The molecular formula is C27H38N6O7. The molecule has 0 aliphatic heterocycles. The predicted octanol–water partition coefficient (Wildman–Crippen LogP) is 1.37. The number of amides is 3. The Morgan fingerprint density at radius 2 is 1.85 bits per heavy atom. The van der Waals surface area contributed by atoms with Gasteiger partial charge in [0.2, 0.25) is 17.7 Å². The lowest BCUT2D eigenvalue weighted by atomic mass is 9.90. The number of nitrogens with one attached hydrogen (secondary N) is 3. The Morgan fingerprint density at radius 3 is 2.52 bits per heavy atom. The fourth-order valence-electron chi connectivity index (χ4n) is 4.92. The van der Waals surface area contributed by atoms with Crippen molar-refractivity contribution < 1.29 is 34.2 Å². The van der Waals surface area contributed by atoms with Crippen molar-refractivity contribution in [2.45, 2.75) is 76.9 Å². The molecule has 3 rings (SSSR count). The molecular weight excluding hydrogens is 520 g/mol. The number of phenols is 1. The maximum Gasteiger partial charge on any atom is 0.328 e. The van der Waals surface area contributed by atoms with Crippen LogP contribution in [0.2, 0.25) is 0 Å². The molecule has 1 aromatic heterocycles. The fraction of sp³-hybridized carbons (Fsp3) is 0.556. The average Bonchev–Trinajstić information content (AvgIpc) is 3.64. The molecule has 1 aliphatic carbocycles. The molecule has 13 heteroatoms. The van der Waals surface area contributed by atoms with E-state index in [1.807, 2.05) is 0 Å². The molecule has 0 spiro atoms.